The molecule has 1 rings (SSSR count). The molecule has 0 aromatic carbocycles. The average Bonchev–Trinajstić information content (AvgIpc) is 2.16. The number of aromatic nitrogens is 1. The number of carbonyl (C=O) groups is 1. The van der Waals surface area contributed by atoms with Gasteiger partial charge in [0.15, 0.2) is 0 Å². The highest BCUT2D eigenvalue weighted by molar-refractivity contribution is 6.30. The lowest BCUT2D eigenvalue weighted by Crippen LogP contribution is -2.13. The first-order valence-electron chi connectivity index (χ1n) is 3.92. The quantitative estimate of drug-likeness (QED) is 0.499. The number of nitrogens with one attached hydrogen (secondary N) is 1. The van der Waals surface area contributed by atoms with Gasteiger partial charge in [-0.05, 0) is 6.07 Å². The molecule has 6 nitrogen and oxygen atoms in total. The van der Waals surface area contributed by atoms with Crippen molar-refractivity contribution in [2.45, 2.75) is 0 Å². The largest absolute Gasteiger partial charge is 0.318 e. The summed E-state index contributed by atoms with van der Waals surface area (Å²) < 4.78 is 12.8. The van der Waals surface area contributed by atoms with E-state index in [1.807, 2.05) is 0 Å². The lowest BCUT2D eigenvalue weighted by Gasteiger charge is -2.01. The predicted molar refractivity (Wildman–Crippen MR) is 54.1 cm³/mol. The molecule has 0 unspecified atom stereocenters. The third-order valence-corrected chi connectivity index (χ3v) is 1.61. The minimum Gasteiger partial charge on any atom is -0.318 e. The minimum atomic E-state index is -1.51. The van der Waals surface area contributed by atoms with Gasteiger partial charge in [0.2, 0.25) is 0 Å². The molecule has 0 radical (unpaired) electrons. The van der Waals surface area contributed by atoms with Gasteiger partial charge in [-0.2, -0.15) is 4.39 Å². The molecule has 1 heterocycles. The van der Waals surface area contributed by atoms with E-state index >= 15 is 0 Å². The van der Waals surface area contributed by atoms with Crippen LogP contribution in [-0.2, 0) is 4.79 Å². The number of halogens is 2. The van der Waals surface area contributed by atoms with E-state index in [0.29, 0.717) is 0 Å². The van der Waals surface area contributed by atoms with Gasteiger partial charge in [0.25, 0.3) is 17.9 Å². The van der Waals surface area contributed by atoms with Crippen LogP contribution in [0.4, 0.5) is 10.1 Å². The molecule has 0 fully saturated rings. The number of hydrogen-bond donors (Lipinski definition) is 1. The van der Waals surface area contributed by atoms with Gasteiger partial charge >= 0.3 is 0 Å². The first-order valence-corrected chi connectivity index (χ1v) is 4.29. The molecule has 1 amide bonds. The van der Waals surface area contributed by atoms with E-state index in [4.69, 9.17) is 11.6 Å². The van der Waals surface area contributed by atoms with Gasteiger partial charge in [0.05, 0.1) is 21.8 Å². The molecule has 0 spiro atoms. The fraction of sp³-hybridized carbons (Fsp3) is 0. The number of nitro groups is 1. The van der Waals surface area contributed by atoms with Crippen LogP contribution in [0.25, 0.3) is 0 Å². The van der Waals surface area contributed by atoms with E-state index in [9.17, 15) is 19.3 Å². The first kappa shape index (κ1) is 12.1. The van der Waals surface area contributed by atoms with Crippen molar-refractivity contribution in [2.75, 3.05) is 5.32 Å². The lowest BCUT2D eigenvalue weighted by molar-refractivity contribution is -0.404. The number of amides is 1. The van der Waals surface area contributed by atoms with Crippen molar-refractivity contribution in [1.29, 1.82) is 0 Å². The van der Waals surface area contributed by atoms with Gasteiger partial charge in [-0.15, -0.1) is 0 Å². The number of carbonyl (C=O) groups excluding carboxylic acids is 1. The van der Waals surface area contributed by atoms with E-state index in [-0.39, 0.29) is 16.9 Å². The molecule has 1 N–H and O–H groups in total. The van der Waals surface area contributed by atoms with Gasteiger partial charge in [-0.1, -0.05) is 11.6 Å². The highest BCUT2D eigenvalue weighted by Gasteiger charge is 2.13. The van der Waals surface area contributed by atoms with Crippen LogP contribution in [-0.4, -0.2) is 15.8 Å². The van der Waals surface area contributed by atoms with E-state index in [0.717, 1.165) is 0 Å². The maximum absolute atomic E-state index is 12.8. The molecular weight excluding hydrogens is 241 g/mol. The van der Waals surface area contributed by atoms with Crippen LogP contribution in [0.15, 0.2) is 30.5 Å². The van der Waals surface area contributed by atoms with Crippen molar-refractivity contribution in [3.05, 3.63) is 45.6 Å². The molecule has 8 heteroatoms. The molecule has 0 aliphatic heterocycles. The van der Waals surface area contributed by atoms with Crippen LogP contribution in [0.5, 0.6) is 0 Å². The fourth-order valence-corrected chi connectivity index (χ4v) is 0.996. The Morgan fingerprint density at radius 2 is 2.31 bits per heavy atom. The molecule has 0 aliphatic rings. The Kier molecular flexibility index (Phi) is 3.90. The molecule has 0 saturated carbocycles. The van der Waals surface area contributed by atoms with Crippen LogP contribution in [0.3, 0.4) is 0 Å². The molecule has 1 aromatic heterocycles. The normalized spacial score (nSPS) is 11.0. The van der Waals surface area contributed by atoms with Gasteiger partial charge in [0.1, 0.15) is 0 Å². The van der Waals surface area contributed by atoms with Gasteiger partial charge in [0, 0.05) is 6.20 Å². The molecule has 1 aromatic rings. The first-order chi connectivity index (χ1) is 7.49. The van der Waals surface area contributed by atoms with Crippen molar-refractivity contribution in [3.63, 3.8) is 0 Å². The molecule has 16 heavy (non-hydrogen) atoms. The molecule has 0 aliphatic carbocycles. The van der Waals surface area contributed by atoms with E-state index in [1.54, 1.807) is 0 Å². The minimum absolute atomic E-state index is 0.0344. The van der Waals surface area contributed by atoms with Crippen LogP contribution in [0.2, 0.25) is 5.02 Å². The number of hydrogen-bond acceptors (Lipinski definition) is 4. The molecular formula is C8H5ClFN3O3. The second-order valence-corrected chi connectivity index (χ2v) is 3.04. The molecule has 84 valence electrons. The number of pyridine rings is 1. The standard InChI is InChI=1S/C8H5ClFN3O3/c9-5-1-6(3-11-2-5)12-8(14)7(10)4-13(15)16/h1-4H,(H,12,14). The van der Waals surface area contributed by atoms with Gasteiger partial charge < -0.3 is 5.32 Å². The highest BCUT2D eigenvalue weighted by Crippen LogP contribution is 2.13. The smallest absolute Gasteiger partial charge is 0.291 e. The summed E-state index contributed by atoms with van der Waals surface area (Å²) in [5.41, 5.74) is 0.143. The fourth-order valence-electron chi connectivity index (χ4n) is 0.822. The second-order valence-electron chi connectivity index (χ2n) is 2.61. The summed E-state index contributed by atoms with van der Waals surface area (Å²) in [4.78, 5) is 23.5. The second kappa shape index (κ2) is 5.17. The SMILES string of the molecule is O=C(Nc1cncc(Cl)c1)C(F)=C[N+](=O)[O-]. The summed E-state index contributed by atoms with van der Waals surface area (Å²) in [5.74, 6) is -2.74. The average molecular weight is 246 g/mol. The maximum atomic E-state index is 12.8. The monoisotopic (exact) mass is 245 g/mol. The molecule has 0 atom stereocenters. The number of rotatable bonds is 3. The summed E-state index contributed by atoms with van der Waals surface area (Å²) in [6, 6.07) is 1.33. The van der Waals surface area contributed by atoms with Gasteiger partial charge in [-0.25, -0.2) is 0 Å². The number of nitrogens with zero attached hydrogens (tertiary/aromatic N) is 2. The summed E-state index contributed by atoms with van der Waals surface area (Å²) in [6.45, 7) is 0. The Labute approximate surface area is 93.9 Å². The van der Waals surface area contributed by atoms with Crippen LogP contribution in [0, 0.1) is 10.1 Å². The van der Waals surface area contributed by atoms with Crippen LogP contribution < -0.4 is 5.32 Å². The Balaban J connectivity index is 2.75. The van der Waals surface area contributed by atoms with Crippen molar-refractivity contribution >= 4 is 23.2 Å². The Morgan fingerprint density at radius 1 is 1.62 bits per heavy atom. The highest BCUT2D eigenvalue weighted by atomic mass is 35.5. The van der Waals surface area contributed by atoms with Crippen LogP contribution >= 0.6 is 11.6 Å². The van der Waals surface area contributed by atoms with Gasteiger partial charge in [-0.3, -0.25) is 19.9 Å². The third kappa shape index (κ3) is 3.62. The zero-order chi connectivity index (χ0) is 12.1. The topological polar surface area (TPSA) is 85.1 Å². The number of anilines is 1. The summed E-state index contributed by atoms with van der Waals surface area (Å²) >= 11 is 5.56. The van der Waals surface area contributed by atoms with Crippen molar-refractivity contribution in [1.82, 2.24) is 4.98 Å². The summed E-state index contributed by atoms with van der Waals surface area (Å²) in [5, 5.41) is 12.2. The van der Waals surface area contributed by atoms with Crippen molar-refractivity contribution < 1.29 is 14.1 Å². The summed E-state index contributed by atoms with van der Waals surface area (Å²) in [6.07, 6.45) is 2.51. The third-order valence-electron chi connectivity index (χ3n) is 1.40. The lowest BCUT2D eigenvalue weighted by atomic mass is 10.4. The van der Waals surface area contributed by atoms with Crippen molar-refractivity contribution in [2.24, 2.45) is 0 Å². The van der Waals surface area contributed by atoms with E-state index in [2.05, 4.69) is 10.3 Å². The Bertz CT molecular complexity index is 464. The van der Waals surface area contributed by atoms with Crippen molar-refractivity contribution in [3.8, 4) is 0 Å². The summed E-state index contributed by atoms with van der Waals surface area (Å²) in [7, 11) is 0. The maximum Gasteiger partial charge on any atom is 0.291 e. The zero-order valence-corrected chi connectivity index (χ0v) is 8.44. The zero-order valence-electron chi connectivity index (χ0n) is 7.68. The van der Waals surface area contributed by atoms with E-state index < -0.39 is 16.7 Å². The molecule has 0 saturated heterocycles. The van der Waals surface area contributed by atoms with E-state index in [1.165, 1.54) is 18.5 Å². The Hall–Kier alpha value is -2.02. The molecule has 0 bridgehead atoms. The Morgan fingerprint density at radius 3 is 2.88 bits per heavy atom. The van der Waals surface area contributed by atoms with Crippen LogP contribution in [0.1, 0.15) is 0 Å². The predicted octanol–water partition coefficient (Wildman–Crippen LogP) is 1.76.